The second kappa shape index (κ2) is 10.7. The molecule has 8 nitrogen and oxygen atoms in total. The molecule has 0 aliphatic rings. The minimum Gasteiger partial charge on any atom is -0.394 e. The molecule has 3 rings (SSSR count). The fraction of sp³-hybridized carbons (Fsp3) is 0.238. The molecule has 1 heterocycles. The van der Waals surface area contributed by atoms with Crippen molar-refractivity contribution in [2.24, 2.45) is 0 Å². The van der Waals surface area contributed by atoms with E-state index in [0.717, 1.165) is 12.1 Å². The van der Waals surface area contributed by atoms with Gasteiger partial charge in [0.05, 0.1) is 21.5 Å². The Labute approximate surface area is 202 Å². The molecule has 0 unspecified atom stereocenters. The Morgan fingerprint density at radius 1 is 1.15 bits per heavy atom. The maximum absolute atomic E-state index is 12.9. The van der Waals surface area contributed by atoms with Crippen LogP contribution in [0, 0.1) is 0 Å². The molecule has 0 saturated carbocycles. The van der Waals surface area contributed by atoms with Crippen LogP contribution >= 0.6 is 15.9 Å². The van der Waals surface area contributed by atoms with Crippen LogP contribution in [0.1, 0.15) is 18.1 Å². The van der Waals surface area contributed by atoms with Gasteiger partial charge in [0.1, 0.15) is 5.82 Å². The van der Waals surface area contributed by atoms with E-state index < -0.39 is 21.8 Å². The molecule has 3 aromatic rings. The number of halogens is 4. The molecular weight excluding hydrogens is 539 g/mol. The SMILES string of the molecule is C[C@H](CO)Nc1nc(Nc2cccc(S(=O)(=O)NCc3cccc(C(F)(F)F)c3)c2)ncc1Br. The predicted octanol–water partition coefficient (Wildman–Crippen LogP) is 4.27. The average Bonchev–Trinajstić information content (AvgIpc) is 2.80. The number of anilines is 3. The summed E-state index contributed by atoms with van der Waals surface area (Å²) in [6, 6.07) is 10.0. The number of aromatic nitrogens is 2. The van der Waals surface area contributed by atoms with Gasteiger partial charge in [0, 0.05) is 24.5 Å². The molecule has 1 atom stereocenters. The molecule has 0 bridgehead atoms. The molecule has 1 aromatic heterocycles. The lowest BCUT2D eigenvalue weighted by Crippen LogP contribution is -2.23. The highest BCUT2D eigenvalue weighted by Gasteiger charge is 2.30. The van der Waals surface area contributed by atoms with E-state index in [0.29, 0.717) is 16.0 Å². The quantitative estimate of drug-likeness (QED) is 0.309. The lowest BCUT2D eigenvalue weighted by atomic mass is 10.1. The Morgan fingerprint density at radius 2 is 1.88 bits per heavy atom. The summed E-state index contributed by atoms with van der Waals surface area (Å²) < 4.78 is 67.0. The normalized spacial score (nSPS) is 12.9. The molecule has 0 aliphatic carbocycles. The fourth-order valence-electron chi connectivity index (χ4n) is 2.80. The minimum absolute atomic E-state index is 0.0890. The van der Waals surface area contributed by atoms with Gasteiger partial charge in [0.25, 0.3) is 0 Å². The number of hydrogen-bond acceptors (Lipinski definition) is 7. The molecule has 0 fully saturated rings. The van der Waals surface area contributed by atoms with Gasteiger partial charge < -0.3 is 15.7 Å². The first-order valence-electron chi connectivity index (χ1n) is 9.91. The number of nitrogens with one attached hydrogen (secondary N) is 3. The Balaban J connectivity index is 1.74. The highest BCUT2D eigenvalue weighted by atomic mass is 79.9. The monoisotopic (exact) mass is 559 g/mol. The lowest BCUT2D eigenvalue weighted by Gasteiger charge is -2.14. The summed E-state index contributed by atoms with van der Waals surface area (Å²) in [5.41, 5.74) is -0.300. The van der Waals surface area contributed by atoms with Crippen LogP contribution in [0.15, 0.2) is 64.1 Å². The summed E-state index contributed by atoms with van der Waals surface area (Å²) >= 11 is 3.32. The maximum atomic E-state index is 12.9. The van der Waals surface area contributed by atoms with Gasteiger partial charge in [-0.15, -0.1) is 0 Å². The predicted molar refractivity (Wildman–Crippen MR) is 125 cm³/mol. The third-order valence-electron chi connectivity index (χ3n) is 4.52. The van der Waals surface area contributed by atoms with Crippen LogP contribution in [0.25, 0.3) is 0 Å². The van der Waals surface area contributed by atoms with Crippen LogP contribution in [0.4, 0.5) is 30.6 Å². The van der Waals surface area contributed by atoms with Crippen LogP contribution in [0.5, 0.6) is 0 Å². The summed E-state index contributed by atoms with van der Waals surface area (Å²) in [4.78, 5) is 8.35. The molecule has 0 amide bonds. The van der Waals surface area contributed by atoms with Gasteiger partial charge in [-0.3, -0.25) is 0 Å². The van der Waals surface area contributed by atoms with E-state index in [4.69, 9.17) is 0 Å². The number of benzene rings is 2. The summed E-state index contributed by atoms with van der Waals surface area (Å²) in [6.45, 7) is 1.35. The van der Waals surface area contributed by atoms with Gasteiger partial charge in [0.15, 0.2) is 0 Å². The summed E-state index contributed by atoms with van der Waals surface area (Å²) in [6.07, 6.45) is -3.02. The summed E-state index contributed by atoms with van der Waals surface area (Å²) in [5, 5.41) is 15.1. The van der Waals surface area contributed by atoms with Crippen LogP contribution in [0.3, 0.4) is 0 Å². The molecule has 4 N–H and O–H groups in total. The van der Waals surface area contributed by atoms with Crippen molar-refractivity contribution in [1.29, 1.82) is 0 Å². The Hall–Kier alpha value is -2.74. The zero-order chi connectivity index (χ0) is 24.9. The highest BCUT2D eigenvalue weighted by molar-refractivity contribution is 9.10. The van der Waals surface area contributed by atoms with Crippen LogP contribution in [-0.2, 0) is 22.7 Å². The zero-order valence-corrected chi connectivity index (χ0v) is 20.2. The van der Waals surface area contributed by atoms with Crippen LogP contribution < -0.4 is 15.4 Å². The van der Waals surface area contributed by atoms with Gasteiger partial charge in [-0.2, -0.15) is 18.2 Å². The number of rotatable bonds is 9. The number of hydrogen-bond donors (Lipinski definition) is 4. The second-order valence-electron chi connectivity index (χ2n) is 7.29. The second-order valence-corrected chi connectivity index (χ2v) is 9.91. The number of aliphatic hydroxyl groups excluding tert-OH is 1. The smallest absolute Gasteiger partial charge is 0.394 e. The molecular formula is C21H21BrF3N5O3S. The van der Waals surface area contributed by atoms with Crippen molar-refractivity contribution < 1.29 is 26.7 Å². The molecule has 0 radical (unpaired) electrons. The van der Waals surface area contributed by atoms with Gasteiger partial charge in [0.2, 0.25) is 16.0 Å². The topological polar surface area (TPSA) is 116 Å². The van der Waals surface area contributed by atoms with Crippen molar-refractivity contribution in [2.75, 3.05) is 17.2 Å². The van der Waals surface area contributed by atoms with Gasteiger partial charge in [-0.25, -0.2) is 18.1 Å². The van der Waals surface area contributed by atoms with E-state index in [9.17, 15) is 26.7 Å². The van der Waals surface area contributed by atoms with Crippen molar-refractivity contribution in [1.82, 2.24) is 14.7 Å². The molecule has 0 saturated heterocycles. The Morgan fingerprint density at radius 3 is 2.59 bits per heavy atom. The first-order chi connectivity index (χ1) is 16.0. The van der Waals surface area contributed by atoms with E-state index in [1.165, 1.54) is 36.5 Å². The van der Waals surface area contributed by atoms with Crippen molar-refractivity contribution in [2.45, 2.75) is 30.6 Å². The minimum atomic E-state index is -4.52. The number of sulfonamides is 1. The van der Waals surface area contributed by atoms with Gasteiger partial charge in [-0.05, 0) is 52.7 Å². The van der Waals surface area contributed by atoms with Crippen molar-refractivity contribution in [3.05, 3.63) is 70.3 Å². The molecule has 13 heteroatoms. The first kappa shape index (κ1) is 25.9. The molecule has 0 aliphatic heterocycles. The van der Waals surface area contributed by atoms with E-state index >= 15 is 0 Å². The zero-order valence-electron chi connectivity index (χ0n) is 17.8. The molecule has 0 spiro atoms. The number of aliphatic hydroxyl groups is 1. The molecule has 182 valence electrons. The van der Waals surface area contributed by atoms with E-state index in [-0.39, 0.29) is 35.6 Å². The Kier molecular flexibility index (Phi) is 8.13. The summed E-state index contributed by atoms with van der Waals surface area (Å²) in [7, 11) is -4.02. The van der Waals surface area contributed by atoms with Crippen molar-refractivity contribution in [3.63, 3.8) is 0 Å². The van der Waals surface area contributed by atoms with Crippen molar-refractivity contribution >= 4 is 43.4 Å². The first-order valence-corrected chi connectivity index (χ1v) is 12.2. The molecule has 2 aromatic carbocycles. The van der Waals surface area contributed by atoms with Crippen molar-refractivity contribution in [3.8, 4) is 0 Å². The molecule has 34 heavy (non-hydrogen) atoms. The largest absolute Gasteiger partial charge is 0.416 e. The third kappa shape index (κ3) is 6.88. The van der Waals surface area contributed by atoms with Crippen LogP contribution in [0.2, 0.25) is 0 Å². The average molecular weight is 560 g/mol. The van der Waals surface area contributed by atoms with Gasteiger partial charge >= 0.3 is 6.18 Å². The standard InChI is InChI=1S/C21H21BrF3N5O3S/c1-13(12-31)28-19-18(22)11-26-20(30-19)29-16-6-3-7-17(9-16)34(32,33)27-10-14-4-2-5-15(8-14)21(23,24)25/h2-9,11,13,27,31H,10,12H2,1H3,(H2,26,28,29,30)/t13-/m1/s1. The Bertz CT molecular complexity index is 1260. The summed E-state index contributed by atoms with van der Waals surface area (Å²) in [5.74, 6) is 0.618. The lowest BCUT2D eigenvalue weighted by molar-refractivity contribution is -0.137. The van der Waals surface area contributed by atoms with Gasteiger partial charge in [-0.1, -0.05) is 24.3 Å². The van der Waals surface area contributed by atoms with Crippen LogP contribution in [-0.4, -0.2) is 36.1 Å². The highest BCUT2D eigenvalue weighted by Crippen LogP contribution is 2.29. The third-order valence-corrected chi connectivity index (χ3v) is 6.50. The maximum Gasteiger partial charge on any atom is 0.416 e. The number of alkyl halides is 3. The van der Waals surface area contributed by atoms with E-state index in [1.807, 2.05) is 0 Å². The number of nitrogens with zero attached hydrogens (tertiary/aromatic N) is 2. The van der Waals surface area contributed by atoms with E-state index in [1.54, 1.807) is 13.0 Å². The van der Waals surface area contributed by atoms with E-state index in [2.05, 4.69) is 41.3 Å². The fourth-order valence-corrected chi connectivity index (χ4v) is 4.17.